The highest BCUT2D eigenvalue weighted by Gasteiger charge is 2.07. The summed E-state index contributed by atoms with van der Waals surface area (Å²) < 4.78 is 2.02. The van der Waals surface area contributed by atoms with Gasteiger partial charge in [0.05, 0.1) is 6.20 Å². The fourth-order valence-electron chi connectivity index (χ4n) is 1.52. The number of rotatable bonds is 5. The van der Waals surface area contributed by atoms with Crippen molar-refractivity contribution in [3.05, 3.63) is 18.0 Å². The molecular weight excluding hydrogens is 174 g/mol. The van der Waals surface area contributed by atoms with E-state index in [4.69, 9.17) is 5.73 Å². The molecule has 3 heteroatoms. The molecule has 1 aromatic rings. The maximum absolute atomic E-state index is 5.53. The predicted octanol–water partition coefficient (Wildman–Crippen LogP) is 1.99. The minimum absolute atomic E-state index is 0.529. The minimum atomic E-state index is 0.529. The van der Waals surface area contributed by atoms with Gasteiger partial charge in [-0.15, -0.1) is 0 Å². The highest BCUT2D eigenvalue weighted by molar-refractivity contribution is 5.09. The summed E-state index contributed by atoms with van der Waals surface area (Å²) in [6, 6.07) is 0. The molecule has 0 amide bonds. The van der Waals surface area contributed by atoms with Crippen LogP contribution in [0.1, 0.15) is 38.7 Å². The molecule has 0 saturated heterocycles. The lowest BCUT2D eigenvalue weighted by Crippen LogP contribution is -2.05. The molecule has 1 atom stereocenters. The van der Waals surface area contributed by atoms with Crippen molar-refractivity contribution in [1.29, 1.82) is 0 Å². The Hall–Kier alpha value is -0.830. The van der Waals surface area contributed by atoms with Crippen molar-refractivity contribution in [1.82, 2.24) is 9.78 Å². The average Bonchev–Trinajstić information content (AvgIpc) is 2.52. The van der Waals surface area contributed by atoms with E-state index in [9.17, 15) is 0 Å². The van der Waals surface area contributed by atoms with Crippen LogP contribution in [0.2, 0.25) is 0 Å². The molecule has 80 valence electrons. The molecule has 3 nitrogen and oxygen atoms in total. The van der Waals surface area contributed by atoms with Crippen LogP contribution in [-0.2, 0) is 6.54 Å². The molecule has 0 aliphatic rings. The number of nitrogens with zero attached hydrogens (tertiary/aromatic N) is 2. The molecule has 1 aromatic heterocycles. The van der Waals surface area contributed by atoms with Crippen LogP contribution in [0.25, 0.3) is 0 Å². The van der Waals surface area contributed by atoms with Gasteiger partial charge in [-0.25, -0.2) is 0 Å². The fourth-order valence-corrected chi connectivity index (χ4v) is 1.52. The number of aromatic nitrogens is 2. The highest BCUT2D eigenvalue weighted by Crippen LogP contribution is 2.17. The predicted molar refractivity (Wildman–Crippen MR) is 59.2 cm³/mol. The molecule has 0 aliphatic heterocycles. The largest absolute Gasteiger partial charge is 0.330 e. The molecule has 2 N–H and O–H groups in total. The monoisotopic (exact) mass is 195 g/mol. The Morgan fingerprint density at radius 1 is 1.43 bits per heavy atom. The Kier molecular flexibility index (Phi) is 4.14. The van der Waals surface area contributed by atoms with Gasteiger partial charge in [-0.2, -0.15) is 5.10 Å². The van der Waals surface area contributed by atoms with Crippen molar-refractivity contribution in [3.8, 4) is 0 Å². The normalized spacial score (nSPS) is 13.5. The van der Waals surface area contributed by atoms with Crippen LogP contribution >= 0.6 is 0 Å². The summed E-state index contributed by atoms with van der Waals surface area (Å²) in [5, 5.41) is 4.34. The summed E-state index contributed by atoms with van der Waals surface area (Å²) >= 11 is 0. The van der Waals surface area contributed by atoms with Crippen molar-refractivity contribution >= 4 is 0 Å². The van der Waals surface area contributed by atoms with Gasteiger partial charge in [0.15, 0.2) is 0 Å². The van der Waals surface area contributed by atoms with E-state index in [1.54, 1.807) is 0 Å². The van der Waals surface area contributed by atoms with Crippen LogP contribution in [0, 0.1) is 5.92 Å². The van der Waals surface area contributed by atoms with Crippen LogP contribution < -0.4 is 5.73 Å². The Labute approximate surface area is 86.3 Å². The quantitative estimate of drug-likeness (QED) is 0.781. The van der Waals surface area contributed by atoms with Gasteiger partial charge in [-0.05, 0) is 30.4 Å². The van der Waals surface area contributed by atoms with Crippen molar-refractivity contribution in [2.75, 3.05) is 6.54 Å². The third kappa shape index (κ3) is 3.14. The van der Waals surface area contributed by atoms with Crippen molar-refractivity contribution in [3.63, 3.8) is 0 Å². The van der Waals surface area contributed by atoms with Gasteiger partial charge in [0.2, 0.25) is 0 Å². The van der Waals surface area contributed by atoms with E-state index in [1.807, 2.05) is 10.9 Å². The Morgan fingerprint density at radius 2 is 2.14 bits per heavy atom. The zero-order chi connectivity index (χ0) is 10.6. The van der Waals surface area contributed by atoms with Gasteiger partial charge >= 0.3 is 0 Å². The molecule has 0 aromatic carbocycles. The summed E-state index contributed by atoms with van der Waals surface area (Å²) in [5.41, 5.74) is 6.83. The lowest BCUT2D eigenvalue weighted by Gasteiger charge is -2.06. The van der Waals surface area contributed by atoms with E-state index in [2.05, 4.69) is 32.1 Å². The van der Waals surface area contributed by atoms with Crippen molar-refractivity contribution in [2.45, 2.75) is 39.7 Å². The second-order valence-electron chi connectivity index (χ2n) is 4.37. The summed E-state index contributed by atoms with van der Waals surface area (Å²) in [4.78, 5) is 0. The van der Waals surface area contributed by atoms with Crippen LogP contribution in [0.15, 0.2) is 12.4 Å². The SMILES string of the molecule is CC(C)Cn1cc(C(C)CCN)cn1. The molecular formula is C11H21N3. The van der Waals surface area contributed by atoms with Gasteiger partial charge in [-0.3, -0.25) is 4.68 Å². The minimum Gasteiger partial charge on any atom is -0.330 e. The molecule has 0 spiro atoms. The van der Waals surface area contributed by atoms with Gasteiger partial charge in [0, 0.05) is 12.7 Å². The lowest BCUT2D eigenvalue weighted by molar-refractivity contribution is 0.482. The van der Waals surface area contributed by atoms with E-state index < -0.39 is 0 Å². The first-order valence-electron chi connectivity index (χ1n) is 5.36. The summed E-state index contributed by atoms with van der Waals surface area (Å²) in [5.74, 6) is 1.17. The molecule has 0 fully saturated rings. The smallest absolute Gasteiger partial charge is 0.0524 e. The molecule has 14 heavy (non-hydrogen) atoms. The molecule has 1 rings (SSSR count). The Balaban J connectivity index is 2.58. The Morgan fingerprint density at radius 3 is 2.71 bits per heavy atom. The number of nitrogens with two attached hydrogens (primary N) is 1. The number of hydrogen-bond acceptors (Lipinski definition) is 2. The van der Waals surface area contributed by atoms with E-state index >= 15 is 0 Å². The van der Waals surface area contributed by atoms with Crippen molar-refractivity contribution < 1.29 is 0 Å². The standard InChI is InChI=1S/C11H21N3/c1-9(2)7-14-8-11(6-13-14)10(3)4-5-12/h6,8-10H,4-5,7,12H2,1-3H3. The van der Waals surface area contributed by atoms with E-state index in [0.29, 0.717) is 11.8 Å². The van der Waals surface area contributed by atoms with Crippen LogP contribution in [0.3, 0.4) is 0 Å². The first-order chi connectivity index (χ1) is 6.63. The first kappa shape index (κ1) is 11.2. The maximum Gasteiger partial charge on any atom is 0.0524 e. The van der Waals surface area contributed by atoms with Crippen molar-refractivity contribution in [2.24, 2.45) is 11.7 Å². The van der Waals surface area contributed by atoms with Gasteiger partial charge < -0.3 is 5.73 Å². The fraction of sp³-hybridized carbons (Fsp3) is 0.727. The molecule has 1 heterocycles. The topological polar surface area (TPSA) is 43.8 Å². The summed E-state index contributed by atoms with van der Waals surface area (Å²) in [6.45, 7) is 8.34. The summed E-state index contributed by atoms with van der Waals surface area (Å²) in [6.07, 6.45) is 5.14. The third-order valence-corrected chi connectivity index (χ3v) is 2.37. The molecule has 0 saturated carbocycles. The van der Waals surface area contributed by atoms with Gasteiger partial charge in [0.25, 0.3) is 0 Å². The van der Waals surface area contributed by atoms with Gasteiger partial charge in [0.1, 0.15) is 0 Å². The zero-order valence-electron chi connectivity index (χ0n) is 9.40. The summed E-state index contributed by atoms with van der Waals surface area (Å²) in [7, 11) is 0. The zero-order valence-corrected chi connectivity index (χ0v) is 9.40. The van der Waals surface area contributed by atoms with Crippen LogP contribution in [-0.4, -0.2) is 16.3 Å². The highest BCUT2D eigenvalue weighted by atomic mass is 15.3. The Bertz CT molecular complexity index is 265. The van der Waals surface area contributed by atoms with E-state index in [0.717, 1.165) is 19.5 Å². The number of hydrogen-bond donors (Lipinski definition) is 1. The third-order valence-electron chi connectivity index (χ3n) is 2.37. The van der Waals surface area contributed by atoms with Crippen LogP contribution in [0.5, 0.6) is 0 Å². The van der Waals surface area contributed by atoms with Gasteiger partial charge in [-0.1, -0.05) is 20.8 Å². The first-order valence-corrected chi connectivity index (χ1v) is 5.36. The molecule has 0 aliphatic carbocycles. The second-order valence-corrected chi connectivity index (χ2v) is 4.37. The second kappa shape index (κ2) is 5.15. The molecule has 0 bridgehead atoms. The molecule has 1 unspecified atom stereocenters. The lowest BCUT2D eigenvalue weighted by atomic mass is 10.0. The maximum atomic E-state index is 5.53. The van der Waals surface area contributed by atoms with Crippen LogP contribution in [0.4, 0.5) is 0 Å². The molecule has 0 radical (unpaired) electrons. The van der Waals surface area contributed by atoms with E-state index in [-0.39, 0.29) is 0 Å². The average molecular weight is 195 g/mol. The van der Waals surface area contributed by atoms with E-state index in [1.165, 1.54) is 5.56 Å².